The molecule has 0 fully saturated rings. The van der Waals surface area contributed by atoms with E-state index in [1.807, 2.05) is 6.07 Å². The van der Waals surface area contributed by atoms with Gasteiger partial charge in [-0.1, -0.05) is 60.7 Å². The van der Waals surface area contributed by atoms with E-state index in [0.29, 0.717) is 26.1 Å². The van der Waals surface area contributed by atoms with Gasteiger partial charge in [0, 0.05) is 30.0 Å². The Kier molecular flexibility index (Phi) is 13.7. The molecule has 45 heavy (non-hydrogen) atoms. The maximum absolute atomic E-state index is 14.8. The molecule has 0 amide bonds. The van der Waals surface area contributed by atoms with Crippen molar-refractivity contribution < 1.29 is 28.5 Å². The molecule has 4 aromatic rings. The first-order chi connectivity index (χ1) is 21.8. The van der Waals surface area contributed by atoms with Crippen LogP contribution in [0, 0.1) is 12.7 Å². The van der Waals surface area contributed by atoms with Gasteiger partial charge in [-0.15, -0.1) is 11.3 Å². The molecule has 0 radical (unpaired) electrons. The van der Waals surface area contributed by atoms with Gasteiger partial charge in [0.1, 0.15) is 11.9 Å². The van der Waals surface area contributed by atoms with Crippen molar-refractivity contribution >= 4 is 17.3 Å². The van der Waals surface area contributed by atoms with E-state index in [4.69, 9.17) is 14.2 Å². The Morgan fingerprint density at radius 3 is 2.22 bits per heavy atom. The molecule has 0 aliphatic carbocycles. The average Bonchev–Trinajstić information content (AvgIpc) is 3.50. The number of hydrogen-bond acceptors (Lipinski definition) is 7. The van der Waals surface area contributed by atoms with Gasteiger partial charge in [-0.25, -0.2) is 9.18 Å². The van der Waals surface area contributed by atoms with E-state index < -0.39 is 18.1 Å². The molecule has 0 aliphatic heterocycles. The van der Waals surface area contributed by atoms with Gasteiger partial charge in [0.05, 0.1) is 19.3 Å². The number of hydrogen-bond donors (Lipinski definition) is 1. The summed E-state index contributed by atoms with van der Waals surface area (Å²) in [5.74, 6) is -1.30. The number of nitrogens with zero attached hydrogens (tertiary/aromatic N) is 1. The van der Waals surface area contributed by atoms with Gasteiger partial charge in [-0.2, -0.15) is 0 Å². The van der Waals surface area contributed by atoms with Crippen molar-refractivity contribution in [2.75, 3.05) is 27.3 Å². The van der Waals surface area contributed by atoms with Gasteiger partial charge in [0.2, 0.25) is 0 Å². The van der Waals surface area contributed by atoms with Crippen LogP contribution in [0.25, 0.3) is 0 Å². The second kappa shape index (κ2) is 17.9. The number of aliphatic hydroxyl groups is 1. The van der Waals surface area contributed by atoms with E-state index >= 15 is 0 Å². The molecule has 2 atom stereocenters. The van der Waals surface area contributed by atoms with Crippen LogP contribution in [0.5, 0.6) is 0 Å². The first kappa shape index (κ1) is 34.5. The van der Waals surface area contributed by atoms with E-state index in [1.165, 1.54) is 42.4 Å². The average molecular weight is 634 g/mol. The number of ether oxygens (including phenoxy) is 3. The van der Waals surface area contributed by atoms with Crippen molar-refractivity contribution in [2.24, 2.45) is 0 Å². The fraction of sp³-hybridized carbons (Fsp3) is 0.378. The molecular formula is C37H44FNO5S. The molecule has 0 saturated carbocycles. The molecule has 2 unspecified atom stereocenters. The van der Waals surface area contributed by atoms with Crippen molar-refractivity contribution in [1.29, 1.82) is 0 Å². The van der Waals surface area contributed by atoms with Crippen LogP contribution in [0.4, 0.5) is 4.39 Å². The number of aliphatic hydroxyl groups excluding tert-OH is 1. The number of methoxy groups -OCH3 is 2. The first-order valence-corrected chi connectivity index (χ1v) is 16.3. The van der Waals surface area contributed by atoms with Crippen LogP contribution in [0.15, 0.2) is 84.9 Å². The second-order valence-corrected chi connectivity index (χ2v) is 12.6. The summed E-state index contributed by atoms with van der Waals surface area (Å²) in [5, 5.41) is 9.82. The minimum Gasteiger partial charge on any atom is -0.465 e. The second-order valence-electron chi connectivity index (χ2n) is 11.3. The highest BCUT2D eigenvalue weighted by molar-refractivity contribution is 7.12. The van der Waals surface area contributed by atoms with Crippen LogP contribution < -0.4 is 0 Å². The fourth-order valence-corrected chi connectivity index (χ4v) is 6.13. The lowest BCUT2D eigenvalue weighted by atomic mass is 10.0. The number of unbranched alkanes of at least 4 members (excludes halogenated alkanes) is 1. The number of carbonyl (C=O) groups excluding carboxylic acids is 1. The topological polar surface area (TPSA) is 68.2 Å². The van der Waals surface area contributed by atoms with Crippen LogP contribution in [0.3, 0.4) is 0 Å². The third-order valence-corrected chi connectivity index (χ3v) is 8.91. The predicted octanol–water partition coefficient (Wildman–Crippen LogP) is 7.66. The minimum atomic E-state index is -0.784. The van der Waals surface area contributed by atoms with Crippen LogP contribution in [0.1, 0.15) is 67.7 Å². The summed E-state index contributed by atoms with van der Waals surface area (Å²) in [7, 11) is 2.73. The highest BCUT2D eigenvalue weighted by Gasteiger charge is 2.21. The zero-order valence-corrected chi connectivity index (χ0v) is 27.2. The molecule has 8 heteroatoms. The number of halogens is 1. The Hall–Kier alpha value is -3.40. The molecule has 3 aromatic carbocycles. The number of esters is 1. The lowest BCUT2D eigenvalue weighted by Crippen LogP contribution is -2.30. The summed E-state index contributed by atoms with van der Waals surface area (Å²) in [6, 6.07) is 28.0. The minimum absolute atomic E-state index is 0.0808. The smallest absolute Gasteiger partial charge is 0.340 e. The van der Waals surface area contributed by atoms with E-state index in [0.717, 1.165) is 48.2 Å². The molecule has 6 nitrogen and oxygen atoms in total. The zero-order chi connectivity index (χ0) is 32.0. The van der Waals surface area contributed by atoms with Gasteiger partial charge in [0.15, 0.2) is 6.29 Å². The molecule has 0 bridgehead atoms. The summed E-state index contributed by atoms with van der Waals surface area (Å²) >= 11 is 1.72. The van der Waals surface area contributed by atoms with Gasteiger partial charge in [0.25, 0.3) is 0 Å². The highest BCUT2D eigenvalue weighted by atomic mass is 32.1. The molecule has 1 heterocycles. The van der Waals surface area contributed by atoms with Gasteiger partial charge < -0.3 is 19.3 Å². The molecule has 0 saturated heterocycles. The van der Waals surface area contributed by atoms with Crippen LogP contribution in [-0.2, 0) is 40.2 Å². The fourth-order valence-electron chi connectivity index (χ4n) is 5.22. The number of benzene rings is 3. The molecule has 0 aliphatic rings. The van der Waals surface area contributed by atoms with E-state index in [-0.39, 0.29) is 11.7 Å². The Balaban J connectivity index is 1.44. The number of carbonyl (C=O) groups is 1. The van der Waals surface area contributed by atoms with E-state index in [9.17, 15) is 14.3 Å². The van der Waals surface area contributed by atoms with Crippen molar-refractivity contribution in [3.05, 3.63) is 128 Å². The maximum Gasteiger partial charge on any atom is 0.340 e. The Morgan fingerprint density at radius 1 is 0.889 bits per heavy atom. The Labute approximate surface area is 270 Å². The number of aryl methyl sites for hydroxylation is 3. The summed E-state index contributed by atoms with van der Waals surface area (Å²) in [6.45, 7) is 4.35. The van der Waals surface area contributed by atoms with E-state index in [2.05, 4.69) is 72.5 Å². The molecule has 0 spiro atoms. The Bertz CT molecular complexity index is 1460. The normalized spacial score (nSPS) is 12.8. The molecule has 4 rings (SSSR count). The largest absolute Gasteiger partial charge is 0.465 e. The van der Waals surface area contributed by atoms with Crippen molar-refractivity contribution in [2.45, 2.75) is 64.6 Å². The number of thiophene rings is 1. The molecule has 1 N–H and O–H groups in total. The Morgan fingerprint density at radius 2 is 1.58 bits per heavy atom. The summed E-state index contributed by atoms with van der Waals surface area (Å²) in [6.07, 6.45) is 3.16. The predicted molar refractivity (Wildman–Crippen MR) is 177 cm³/mol. The lowest BCUT2D eigenvalue weighted by Gasteiger charge is -2.28. The van der Waals surface area contributed by atoms with Crippen LogP contribution in [0.2, 0.25) is 0 Å². The monoisotopic (exact) mass is 633 g/mol. The third kappa shape index (κ3) is 11.2. The maximum atomic E-state index is 14.8. The lowest BCUT2D eigenvalue weighted by molar-refractivity contribution is -0.0796. The molecular weight excluding hydrogens is 589 g/mol. The molecule has 240 valence electrons. The zero-order valence-electron chi connectivity index (χ0n) is 26.4. The van der Waals surface area contributed by atoms with E-state index in [1.54, 1.807) is 17.4 Å². The van der Waals surface area contributed by atoms with Gasteiger partial charge in [-0.05, 0) is 92.1 Å². The number of rotatable bonds is 18. The highest BCUT2D eigenvalue weighted by Crippen LogP contribution is 2.29. The SMILES string of the molecule is COC(=O)c1ccc(CN(CCCCC(O)OC)CC(OCc2ccc(CCc3ccccc3)cc2)c2ccc(C)s2)cc1F. The van der Waals surface area contributed by atoms with Gasteiger partial charge >= 0.3 is 5.97 Å². The first-order valence-electron chi connectivity index (χ1n) is 15.4. The van der Waals surface area contributed by atoms with Crippen LogP contribution >= 0.6 is 11.3 Å². The van der Waals surface area contributed by atoms with Crippen LogP contribution in [-0.4, -0.2) is 49.6 Å². The van der Waals surface area contributed by atoms with Gasteiger partial charge in [-0.3, -0.25) is 4.90 Å². The molecule has 1 aromatic heterocycles. The third-order valence-electron chi connectivity index (χ3n) is 7.81. The van der Waals surface area contributed by atoms with Crippen molar-refractivity contribution in [1.82, 2.24) is 4.90 Å². The van der Waals surface area contributed by atoms with Crippen molar-refractivity contribution in [3.8, 4) is 0 Å². The summed E-state index contributed by atoms with van der Waals surface area (Å²) < 4.78 is 31.1. The standard InChI is InChI=1S/C37H44FNO5S/c1-27-12-21-35(45-27)34(44-26-30-17-15-29(16-18-30)14-13-28-9-5-4-6-10-28)25-39(22-8-7-11-36(40)42-2)24-31-19-20-32(33(38)23-31)37(41)43-3/h4-6,9-10,12,15-21,23,34,36,40H,7-8,11,13-14,22,24-26H2,1-3H3. The quantitative estimate of drug-likeness (QED) is 0.0690. The van der Waals surface area contributed by atoms with Crippen molar-refractivity contribution in [3.63, 3.8) is 0 Å². The summed E-state index contributed by atoms with van der Waals surface area (Å²) in [4.78, 5) is 16.5. The summed E-state index contributed by atoms with van der Waals surface area (Å²) in [5.41, 5.74) is 4.41.